The van der Waals surface area contributed by atoms with Gasteiger partial charge in [-0.25, -0.2) is 0 Å². The van der Waals surface area contributed by atoms with Crippen molar-refractivity contribution in [3.05, 3.63) is 62.5 Å². The Morgan fingerprint density at radius 1 is 1.18 bits per heavy atom. The molecule has 0 saturated carbocycles. The summed E-state index contributed by atoms with van der Waals surface area (Å²) in [7, 11) is 0. The molecule has 0 aromatic heterocycles. The van der Waals surface area contributed by atoms with Crippen molar-refractivity contribution in [2.75, 3.05) is 11.6 Å². The lowest BCUT2D eigenvalue weighted by Gasteiger charge is -2.25. The Morgan fingerprint density at radius 2 is 1.91 bits per heavy atom. The maximum Gasteiger partial charge on any atom is 0.0829 e. The second-order valence-electron chi connectivity index (χ2n) is 5.08. The van der Waals surface area contributed by atoms with E-state index in [1.165, 1.54) is 5.56 Å². The molecule has 2 aromatic rings. The molecule has 2 aromatic carbocycles. The van der Waals surface area contributed by atoms with Crippen LogP contribution in [0.4, 0.5) is 5.69 Å². The van der Waals surface area contributed by atoms with Crippen molar-refractivity contribution in [1.82, 2.24) is 0 Å². The van der Waals surface area contributed by atoms with Crippen molar-refractivity contribution in [2.24, 2.45) is 10.8 Å². The van der Waals surface area contributed by atoms with Gasteiger partial charge in [0.2, 0.25) is 0 Å². The van der Waals surface area contributed by atoms with E-state index in [2.05, 4.69) is 33.2 Å². The second kappa shape index (κ2) is 6.59. The number of halogens is 3. The van der Waals surface area contributed by atoms with Gasteiger partial charge in [-0.15, -0.1) is 0 Å². The zero-order valence-electron chi connectivity index (χ0n) is 11.6. The number of nitrogens with zero attached hydrogens (tertiary/aromatic N) is 2. The number of hydrazone groups is 1. The van der Waals surface area contributed by atoms with Crippen LogP contribution in [0.1, 0.15) is 18.0 Å². The highest BCUT2D eigenvalue weighted by molar-refractivity contribution is 9.10. The van der Waals surface area contributed by atoms with Crippen LogP contribution in [0.15, 0.2) is 52.0 Å². The largest absolute Gasteiger partial charge is 0.325 e. The number of benzene rings is 2. The zero-order valence-corrected chi connectivity index (χ0v) is 14.7. The van der Waals surface area contributed by atoms with Gasteiger partial charge < -0.3 is 5.73 Å². The van der Waals surface area contributed by atoms with Crippen molar-refractivity contribution < 1.29 is 0 Å². The molecule has 0 spiro atoms. The summed E-state index contributed by atoms with van der Waals surface area (Å²) in [4.78, 5) is 0. The van der Waals surface area contributed by atoms with Crippen molar-refractivity contribution in [3.8, 4) is 0 Å². The molecule has 1 aliphatic rings. The van der Waals surface area contributed by atoms with Crippen LogP contribution >= 0.6 is 39.1 Å². The molecule has 6 heteroatoms. The minimum atomic E-state index is 0.0883. The third kappa shape index (κ3) is 3.15. The maximum atomic E-state index is 6.34. The van der Waals surface area contributed by atoms with E-state index in [-0.39, 0.29) is 6.04 Å². The number of hydrogen-bond acceptors (Lipinski definition) is 3. The maximum absolute atomic E-state index is 6.34. The van der Waals surface area contributed by atoms with Crippen LogP contribution in [0, 0.1) is 0 Å². The van der Waals surface area contributed by atoms with Crippen LogP contribution in [0.5, 0.6) is 0 Å². The van der Waals surface area contributed by atoms with Gasteiger partial charge in [0.25, 0.3) is 0 Å². The lowest BCUT2D eigenvalue weighted by atomic mass is 10.0. The predicted molar refractivity (Wildman–Crippen MR) is 96.9 cm³/mol. The highest BCUT2D eigenvalue weighted by Crippen LogP contribution is 2.39. The van der Waals surface area contributed by atoms with Gasteiger partial charge in [-0.05, 0) is 35.9 Å². The molecule has 114 valence electrons. The molecular formula is C16H14BrCl2N3. The first kappa shape index (κ1) is 15.8. The number of rotatable bonds is 3. The van der Waals surface area contributed by atoms with Gasteiger partial charge in [0.05, 0.1) is 22.5 Å². The molecule has 1 atom stereocenters. The molecule has 0 bridgehead atoms. The lowest BCUT2D eigenvalue weighted by Crippen LogP contribution is -2.19. The van der Waals surface area contributed by atoms with Gasteiger partial charge in [0.15, 0.2) is 0 Å². The fourth-order valence-electron chi connectivity index (χ4n) is 2.53. The van der Waals surface area contributed by atoms with E-state index in [4.69, 9.17) is 28.9 Å². The molecule has 0 amide bonds. The molecule has 22 heavy (non-hydrogen) atoms. The fourth-order valence-corrected chi connectivity index (χ4v) is 3.29. The SMILES string of the molecule is NCC1=NN(c2ccc(Cl)cc2Cl)C(c2ccc(Br)cc2)C1. The topological polar surface area (TPSA) is 41.6 Å². The Bertz CT molecular complexity index is 716. The van der Waals surface area contributed by atoms with E-state index in [1.54, 1.807) is 6.07 Å². The summed E-state index contributed by atoms with van der Waals surface area (Å²) in [6.07, 6.45) is 0.789. The Labute approximate surface area is 147 Å². The van der Waals surface area contributed by atoms with Gasteiger partial charge in [-0.3, -0.25) is 5.01 Å². The van der Waals surface area contributed by atoms with Gasteiger partial charge in [0, 0.05) is 22.5 Å². The van der Waals surface area contributed by atoms with Crippen LogP contribution in [0.2, 0.25) is 10.0 Å². The van der Waals surface area contributed by atoms with Crippen LogP contribution in [-0.2, 0) is 0 Å². The quantitative estimate of drug-likeness (QED) is 0.788. The molecule has 2 N–H and O–H groups in total. The van der Waals surface area contributed by atoms with Gasteiger partial charge in [0.1, 0.15) is 0 Å². The van der Waals surface area contributed by atoms with Crippen molar-refractivity contribution >= 4 is 50.5 Å². The van der Waals surface area contributed by atoms with E-state index in [1.807, 2.05) is 29.3 Å². The molecule has 0 radical (unpaired) electrons. The number of anilines is 1. The highest BCUT2D eigenvalue weighted by atomic mass is 79.9. The summed E-state index contributed by atoms with van der Waals surface area (Å²) in [5.74, 6) is 0. The molecule has 1 unspecified atom stereocenters. The predicted octanol–water partition coefficient (Wildman–Crippen LogP) is 5.02. The van der Waals surface area contributed by atoms with Crippen LogP contribution in [-0.4, -0.2) is 12.3 Å². The van der Waals surface area contributed by atoms with Crippen molar-refractivity contribution in [1.29, 1.82) is 0 Å². The number of nitrogens with two attached hydrogens (primary N) is 1. The van der Waals surface area contributed by atoms with E-state index in [9.17, 15) is 0 Å². The first-order valence-electron chi connectivity index (χ1n) is 6.84. The molecule has 1 heterocycles. The average molecular weight is 399 g/mol. The monoisotopic (exact) mass is 397 g/mol. The highest BCUT2D eigenvalue weighted by Gasteiger charge is 2.29. The summed E-state index contributed by atoms with van der Waals surface area (Å²) in [6, 6.07) is 13.7. The smallest absolute Gasteiger partial charge is 0.0829 e. The van der Waals surface area contributed by atoms with E-state index in [0.29, 0.717) is 16.6 Å². The van der Waals surface area contributed by atoms with Gasteiger partial charge in [-0.2, -0.15) is 5.10 Å². The first-order chi connectivity index (χ1) is 10.6. The summed E-state index contributed by atoms with van der Waals surface area (Å²) in [6.45, 7) is 0.439. The van der Waals surface area contributed by atoms with E-state index < -0.39 is 0 Å². The van der Waals surface area contributed by atoms with Crippen LogP contribution in [0.3, 0.4) is 0 Å². The van der Waals surface area contributed by atoms with Crippen molar-refractivity contribution in [2.45, 2.75) is 12.5 Å². The third-order valence-corrected chi connectivity index (χ3v) is 4.69. The summed E-state index contributed by atoms with van der Waals surface area (Å²) in [5.41, 5.74) is 8.74. The molecule has 0 saturated heterocycles. The van der Waals surface area contributed by atoms with Crippen LogP contribution < -0.4 is 10.7 Å². The molecule has 3 nitrogen and oxygen atoms in total. The Morgan fingerprint density at radius 3 is 2.55 bits per heavy atom. The molecule has 0 fully saturated rings. The van der Waals surface area contributed by atoms with E-state index >= 15 is 0 Å². The molecule has 0 aliphatic carbocycles. The van der Waals surface area contributed by atoms with Crippen LogP contribution in [0.25, 0.3) is 0 Å². The van der Waals surface area contributed by atoms with Gasteiger partial charge >= 0.3 is 0 Å². The fraction of sp³-hybridized carbons (Fsp3) is 0.188. The first-order valence-corrected chi connectivity index (χ1v) is 8.39. The Hall–Kier alpha value is -1.07. The second-order valence-corrected chi connectivity index (χ2v) is 6.84. The normalized spacial score (nSPS) is 17.7. The molecule has 3 rings (SSSR count). The van der Waals surface area contributed by atoms with Gasteiger partial charge in [-0.1, -0.05) is 51.3 Å². The standard InChI is InChI=1S/C16H14BrCl2N3/c17-11-3-1-10(2-4-11)16-8-13(9-20)21-22(16)15-6-5-12(18)7-14(15)19/h1-7,16H,8-9,20H2. The number of hydrogen-bond donors (Lipinski definition) is 1. The summed E-state index contributed by atoms with van der Waals surface area (Å²) >= 11 is 15.8. The van der Waals surface area contributed by atoms with E-state index in [0.717, 1.165) is 22.3 Å². The zero-order chi connectivity index (χ0) is 15.7. The molecule has 1 aliphatic heterocycles. The summed E-state index contributed by atoms with van der Waals surface area (Å²) < 4.78 is 1.05. The Kier molecular flexibility index (Phi) is 4.73. The Balaban J connectivity index is 2.01. The third-order valence-electron chi connectivity index (χ3n) is 3.62. The average Bonchev–Trinajstić information content (AvgIpc) is 2.92. The minimum Gasteiger partial charge on any atom is -0.325 e. The molecular weight excluding hydrogens is 385 g/mol. The van der Waals surface area contributed by atoms with Crippen molar-refractivity contribution in [3.63, 3.8) is 0 Å². The minimum absolute atomic E-state index is 0.0883. The summed E-state index contributed by atoms with van der Waals surface area (Å²) in [5, 5.41) is 7.76. The lowest BCUT2D eigenvalue weighted by molar-refractivity contribution is 0.708.